The summed E-state index contributed by atoms with van der Waals surface area (Å²) in [6.45, 7) is 0. The van der Waals surface area contributed by atoms with Crippen LogP contribution in [0.3, 0.4) is 0 Å². The summed E-state index contributed by atoms with van der Waals surface area (Å²) >= 11 is 0.747. The summed E-state index contributed by atoms with van der Waals surface area (Å²) in [5.41, 5.74) is 4.18. The monoisotopic (exact) mass is 367 g/mol. The van der Waals surface area contributed by atoms with E-state index in [0.29, 0.717) is 0 Å². The SMILES string of the molecule is [SbH3][C](c1ccccc1)(c1ccccc1)c1ccccc1. The Labute approximate surface area is 134 Å². The van der Waals surface area contributed by atoms with Crippen molar-refractivity contribution >= 4 is 23.0 Å². The number of benzene rings is 3. The molecular formula is C19H18Sb. The molecule has 0 aliphatic rings. The quantitative estimate of drug-likeness (QED) is 0.492. The van der Waals surface area contributed by atoms with Crippen molar-refractivity contribution < 1.29 is 0 Å². The van der Waals surface area contributed by atoms with Gasteiger partial charge in [-0.1, -0.05) is 0 Å². The minimum atomic E-state index is 0.0488. The van der Waals surface area contributed by atoms with Crippen LogP contribution in [-0.4, -0.2) is 23.0 Å². The van der Waals surface area contributed by atoms with Gasteiger partial charge in [-0.25, -0.2) is 0 Å². The van der Waals surface area contributed by atoms with E-state index in [1.54, 1.807) is 0 Å². The standard InChI is InChI=1S/C19H15.Sb.3H/c1-4-10-16(11-5-1)19(17-12-6-2-7-13-17)18-14-8-3-9-15-18;;;;/h1-15H;;;;. The zero-order chi connectivity index (χ0) is 13.8. The van der Waals surface area contributed by atoms with Gasteiger partial charge in [0.25, 0.3) is 0 Å². The molecule has 0 N–H and O–H groups in total. The number of hydrogen-bond donors (Lipinski definition) is 0. The van der Waals surface area contributed by atoms with E-state index in [1.165, 1.54) is 16.7 Å². The fraction of sp³-hybridized carbons (Fsp3) is 0.0526. The van der Waals surface area contributed by atoms with E-state index < -0.39 is 0 Å². The Morgan fingerprint density at radius 2 is 0.700 bits per heavy atom. The first kappa shape index (κ1) is 13.5. The molecule has 1 heteroatoms. The predicted molar refractivity (Wildman–Crippen MR) is 89.1 cm³/mol. The molecule has 3 aromatic rings. The molecule has 0 saturated heterocycles. The van der Waals surface area contributed by atoms with Gasteiger partial charge in [-0.05, 0) is 0 Å². The van der Waals surface area contributed by atoms with Crippen LogP contribution in [0.25, 0.3) is 0 Å². The van der Waals surface area contributed by atoms with Crippen LogP contribution in [0, 0.1) is 0 Å². The van der Waals surface area contributed by atoms with Crippen LogP contribution in [0.5, 0.6) is 0 Å². The molecule has 3 rings (SSSR count). The molecule has 0 atom stereocenters. The molecule has 0 unspecified atom stereocenters. The van der Waals surface area contributed by atoms with Crippen LogP contribution in [0.15, 0.2) is 91.0 Å². The van der Waals surface area contributed by atoms with Crippen molar-refractivity contribution in [3.63, 3.8) is 0 Å². The van der Waals surface area contributed by atoms with Gasteiger partial charge in [0.2, 0.25) is 0 Å². The summed E-state index contributed by atoms with van der Waals surface area (Å²) in [5, 5.41) is 0. The number of hydrogen-bond acceptors (Lipinski definition) is 0. The molecule has 20 heavy (non-hydrogen) atoms. The Morgan fingerprint density at radius 3 is 0.950 bits per heavy atom. The summed E-state index contributed by atoms with van der Waals surface area (Å²) in [4.78, 5) is 0. The molecule has 0 bridgehead atoms. The number of rotatable bonds is 3. The van der Waals surface area contributed by atoms with Crippen molar-refractivity contribution in [2.45, 2.75) is 3.36 Å². The molecule has 0 spiro atoms. The third kappa shape index (κ3) is 2.41. The van der Waals surface area contributed by atoms with Gasteiger partial charge in [0.05, 0.1) is 0 Å². The van der Waals surface area contributed by atoms with Gasteiger partial charge in [-0.3, -0.25) is 0 Å². The Hall–Kier alpha value is -1.52. The molecule has 0 amide bonds. The van der Waals surface area contributed by atoms with Crippen molar-refractivity contribution in [3.05, 3.63) is 108 Å². The van der Waals surface area contributed by atoms with E-state index in [9.17, 15) is 0 Å². The zero-order valence-corrected chi connectivity index (χ0v) is 15.4. The second-order valence-corrected chi connectivity index (χ2v) is 8.03. The molecule has 3 aromatic carbocycles. The van der Waals surface area contributed by atoms with Crippen molar-refractivity contribution in [2.24, 2.45) is 0 Å². The molecule has 0 aliphatic carbocycles. The van der Waals surface area contributed by atoms with Crippen molar-refractivity contribution in [3.8, 4) is 0 Å². The van der Waals surface area contributed by atoms with E-state index in [4.69, 9.17) is 0 Å². The minimum absolute atomic E-state index is 0.0488. The van der Waals surface area contributed by atoms with Gasteiger partial charge in [-0.15, -0.1) is 0 Å². The first-order chi connectivity index (χ1) is 9.82. The molecule has 0 heterocycles. The van der Waals surface area contributed by atoms with E-state index in [2.05, 4.69) is 91.0 Å². The molecular weight excluding hydrogens is 350 g/mol. The van der Waals surface area contributed by atoms with Crippen molar-refractivity contribution in [1.29, 1.82) is 0 Å². The summed E-state index contributed by atoms with van der Waals surface area (Å²) in [6.07, 6.45) is 0. The van der Waals surface area contributed by atoms with Gasteiger partial charge in [0.15, 0.2) is 0 Å². The normalized spacial score (nSPS) is 11.4. The molecule has 0 aliphatic heterocycles. The molecule has 0 fully saturated rings. The molecule has 0 saturated carbocycles. The van der Waals surface area contributed by atoms with Gasteiger partial charge in [-0.2, -0.15) is 0 Å². The van der Waals surface area contributed by atoms with Crippen LogP contribution in [0.4, 0.5) is 0 Å². The predicted octanol–water partition coefficient (Wildman–Crippen LogP) is 3.34. The fourth-order valence-corrected chi connectivity index (χ4v) is 4.69. The van der Waals surface area contributed by atoms with Gasteiger partial charge in [0, 0.05) is 0 Å². The second kappa shape index (κ2) is 5.85. The Morgan fingerprint density at radius 1 is 0.450 bits per heavy atom. The Kier molecular flexibility index (Phi) is 3.94. The first-order valence-corrected chi connectivity index (χ1v) is 8.85. The van der Waals surface area contributed by atoms with E-state index >= 15 is 0 Å². The van der Waals surface area contributed by atoms with Gasteiger partial charge in [0.1, 0.15) is 0 Å². The van der Waals surface area contributed by atoms with Crippen LogP contribution in [0.1, 0.15) is 16.7 Å². The third-order valence-corrected chi connectivity index (χ3v) is 7.30. The summed E-state index contributed by atoms with van der Waals surface area (Å²) < 4.78 is 0.0488. The molecule has 1 radical (unpaired) electrons. The fourth-order valence-electron chi connectivity index (χ4n) is 2.67. The topological polar surface area (TPSA) is 0 Å². The van der Waals surface area contributed by atoms with E-state index in [0.717, 1.165) is 23.0 Å². The van der Waals surface area contributed by atoms with Crippen molar-refractivity contribution in [1.82, 2.24) is 0 Å². The zero-order valence-electron chi connectivity index (χ0n) is 11.4. The Balaban J connectivity index is 2.24. The van der Waals surface area contributed by atoms with Crippen LogP contribution in [0.2, 0.25) is 0 Å². The maximum absolute atomic E-state index is 2.25. The summed E-state index contributed by atoms with van der Waals surface area (Å²) in [7, 11) is 0. The van der Waals surface area contributed by atoms with Gasteiger partial charge >= 0.3 is 134 Å². The average Bonchev–Trinajstić information content (AvgIpc) is 2.56. The van der Waals surface area contributed by atoms with Crippen LogP contribution in [-0.2, 0) is 3.36 Å². The van der Waals surface area contributed by atoms with Crippen LogP contribution < -0.4 is 0 Å². The van der Waals surface area contributed by atoms with E-state index in [-0.39, 0.29) is 3.36 Å². The second-order valence-electron chi connectivity index (χ2n) is 5.00. The van der Waals surface area contributed by atoms with Gasteiger partial charge < -0.3 is 0 Å². The maximum atomic E-state index is 2.25. The molecule has 0 aromatic heterocycles. The average molecular weight is 368 g/mol. The molecule has 0 nitrogen and oxygen atoms in total. The first-order valence-electron chi connectivity index (χ1n) is 6.84. The third-order valence-electron chi connectivity index (χ3n) is 3.80. The molecule has 99 valence electrons. The van der Waals surface area contributed by atoms with Crippen molar-refractivity contribution in [2.75, 3.05) is 0 Å². The van der Waals surface area contributed by atoms with E-state index in [1.807, 2.05) is 0 Å². The summed E-state index contributed by atoms with van der Waals surface area (Å²) in [5.74, 6) is 0. The van der Waals surface area contributed by atoms with Crippen LogP contribution >= 0.6 is 0 Å². The Bertz CT molecular complexity index is 563. The summed E-state index contributed by atoms with van der Waals surface area (Å²) in [6, 6.07) is 32.6.